The van der Waals surface area contributed by atoms with Crippen molar-refractivity contribution in [2.45, 2.75) is 26.4 Å². The molecule has 0 aliphatic carbocycles. The van der Waals surface area contributed by atoms with E-state index >= 15 is 0 Å². The van der Waals surface area contributed by atoms with Gasteiger partial charge >= 0.3 is 5.97 Å². The van der Waals surface area contributed by atoms with E-state index in [2.05, 4.69) is 10.1 Å². The molecule has 0 atom stereocenters. The first-order valence-electron chi connectivity index (χ1n) is 6.63. The molecular weight excluding hydrogens is 272 g/mol. The van der Waals surface area contributed by atoms with Crippen molar-refractivity contribution in [2.24, 2.45) is 0 Å². The lowest BCUT2D eigenvalue weighted by Crippen LogP contribution is -1.99. The standard InChI is InChI=1S/C15H16N2O4/c1-2-5-14-16-13(17-21-14)10-20-12-7-4-3-6-11(12)8-9-15(18)19/h3-4,6-9H,2,5,10H2,1H3,(H,18,19). The molecule has 0 spiro atoms. The summed E-state index contributed by atoms with van der Waals surface area (Å²) >= 11 is 0. The molecule has 0 unspecified atom stereocenters. The van der Waals surface area contributed by atoms with Crippen LogP contribution < -0.4 is 4.74 Å². The monoisotopic (exact) mass is 288 g/mol. The number of aryl methyl sites for hydroxylation is 1. The number of hydrogen-bond acceptors (Lipinski definition) is 5. The fourth-order valence-electron chi connectivity index (χ4n) is 1.72. The number of carboxylic acids is 1. The van der Waals surface area contributed by atoms with Crippen LogP contribution in [0.15, 0.2) is 34.9 Å². The number of nitrogens with zero attached hydrogens (tertiary/aromatic N) is 2. The van der Waals surface area contributed by atoms with Crippen LogP contribution in [0.25, 0.3) is 6.08 Å². The third-order valence-corrected chi connectivity index (χ3v) is 2.66. The second kappa shape index (κ2) is 7.23. The molecule has 1 aromatic carbocycles. The van der Waals surface area contributed by atoms with Crippen LogP contribution in [0.3, 0.4) is 0 Å². The van der Waals surface area contributed by atoms with Gasteiger partial charge in [0.15, 0.2) is 6.61 Å². The fourth-order valence-corrected chi connectivity index (χ4v) is 1.72. The van der Waals surface area contributed by atoms with Crippen LogP contribution in [-0.4, -0.2) is 21.2 Å². The average Bonchev–Trinajstić information content (AvgIpc) is 2.92. The summed E-state index contributed by atoms with van der Waals surface area (Å²) in [5.41, 5.74) is 0.678. The van der Waals surface area contributed by atoms with Crippen LogP contribution in [0, 0.1) is 0 Å². The van der Waals surface area contributed by atoms with Gasteiger partial charge in [0.2, 0.25) is 11.7 Å². The Labute approximate surface area is 122 Å². The highest BCUT2D eigenvalue weighted by molar-refractivity contribution is 5.85. The smallest absolute Gasteiger partial charge is 0.328 e. The lowest BCUT2D eigenvalue weighted by molar-refractivity contribution is -0.131. The third kappa shape index (κ3) is 4.45. The summed E-state index contributed by atoms with van der Waals surface area (Å²) in [5.74, 6) is 0.620. The molecule has 0 saturated heterocycles. The molecule has 0 saturated carbocycles. The van der Waals surface area contributed by atoms with Crippen LogP contribution in [-0.2, 0) is 17.8 Å². The lowest BCUT2D eigenvalue weighted by atomic mass is 10.2. The van der Waals surface area contributed by atoms with Crippen molar-refractivity contribution in [1.82, 2.24) is 10.1 Å². The Morgan fingerprint density at radius 3 is 3.00 bits per heavy atom. The molecule has 0 radical (unpaired) electrons. The van der Waals surface area contributed by atoms with E-state index < -0.39 is 5.97 Å². The number of para-hydroxylation sites is 1. The zero-order valence-corrected chi connectivity index (χ0v) is 11.7. The van der Waals surface area contributed by atoms with Gasteiger partial charge in [-0.3, -0.25) is 0 Å². The van der Waals surface area contributed by atoms with Crippen molar-refractivity contribution in [3.63, 3.8) is 0 Å². The SMILES string of the molecule is CCCc1nc(COc2ccccc2C=CC(=O)O)no1. The summed E-state index contributed by atoms with van der Waals surface area (Å²) in [6, 6.07) is 7.15. The van der Waals surface area contributed by atoms with Crippen LogP contribution in [0.4, 0.5) is 0 Å². The Hall–Kier alpha value is -2.63. The van der Waals surface area contributed by atoms with Gasteiger partial charge < -0.3 is 14.4 Å². The number of ether oxygens (including phenoxy) is 1. The van der Waals surface area contributed by atoms with Crippen LogP contribution in [0.5, 0.6) is 5.75 Å². The molecule has 110 valence electrons. The van der Waals surface area contributed by atoms with E-state index in [1.165, 1.54) is 6.08 Å². The minimum atomic E-state index is -1.01. The van der Waals surface area contributed by atoms with Crippen molar-refractivity contribution in [3.8, 4) is 5.75 Å². The van der Waals surface area contributed by atoms with Crippen molar-refractivity contribution >= 4 is 12.0 Å². The summed E-state index contributed by atoms with van der Waals surface area (Å²) in [6.07, 6.45) is 4.22. The normalized spacial score (nSPS) is 10.9. The summed E-state index contributed by atoms with van der Waals surface area (Å²) in [4.78, 5) is 14.8. The maximum absolute atomic E-state index is 10.6. The Bertz CT molecular complexity index is 634. The summed E-state index contributed by atoms with van der Waals surface area (Å²) in [7, 11) is 0. The summed E-state index contributed by atoms with van der Waals surface area (Å²) in [6.45, 7) is 2.20. The number of carbonyl (C=O) groups is 1. The second-order valence-corrected chi connectivity index (χ2v) is 4.35. The molecule has 21 heavy (non-hydrogen) atoms. The highest BCUT2D eigenvalue weighted by Gasteiger charge is 2.07. The van der Waals surface area contributed by atoms with Crippen molar-refractivity contribution in [3.05, 3.63) is 47.6 Å². The van der Waals surface area contributed by atoms with Gasteiger partial charge in [-0.15, -0.1) is 0 Å². The Kier molecular flexibility index (Phi) is 5.09. The van der Waals surface area contributed by atoms with Gasteiger partial charge in [0.05, 0.1) is 0 Å². The van der Waals surface area contributed by atoms with Crippen LogP contribution in [0.2, 0.25) is 0 Å². The molecule has 0 fully saturated rings. The Morgan fingerprint density at radius 2 is 2.24 bits per heavy atom. The van der Waals surface area contributed by atoms with Crippen molar-refractivity contribution < 1.29 is 19.2 Å². The van der Waals surface area contributed by atoms with E-state index in [1.807, 2.05) is 19.1 Å². The van der Waals surface area contributed by atoms with Gasteiger partial charge in [-0.2, -0.15) is 4.98 Å². The number of aliphatic carboxylic acids is 1. The van der Waals surface area contributed by atoms with Gasteiger partial charge in [0.1, 0.15) is 5.75 Å². The van der Waals surface area contributed by atoms with Gasteiger partial charge in [0, 0.05) is 18.1 Å². The molecule has 0 aliphatic rings. The van der Waals surface area contributed by atoms with Gasteiger partial charge in [-0.1, -0.05) is 30.3 Å². The van der Waals surface area contributed by atoms with Gasteiger partial charge in [-0.25, -0.2) is 4.79 Å². The van der Waals surface area contributed by atoms with Crippen LogP contribution in [0.1, 0.15) is 30.6 Å². The number of hydrogen-bond donors (Lipinski definition) is 1. The highest BCUT2D eigenvalue weighted by Crippen LogP contribution is 2.20. The molecule has 0 aliphatic heterocycles. The number of aromatic nitrogens is 2. The maximum atomic E-state index is 10.6. The average molecular weight is 288 g/mol. The van der Waals surface area contributed by atoms with E-state index in [1.54, 1.807) is 12.1 Å². The molecule has 0 amide bonds. The minimum Gasteiger partial charge on any atom is -0.485 e. The highest BCUT2D eigenvalue weighted by atomic mass is 16.5. The van der Waals surface area contributed by atoms with E-state index in [0.717, 1.165) is 18.9 Å². The van der Waals surface area contributed by atoms with E-state index in [4.69, 9.17) is 14.4 Å². The maximum Gasteiger partial charge on any atom is 0.328 e. The molecule has 1 aromatic heterocycles. The topological polar surface area (TPSA) is 85.5 Å². The first-order chi connectivity index (χ1) is 10.2. The first-order valence-corrected chi connectivity index (χ1v) is 6.63. The Balaban J connectivity index is 2.03. The van der Waals surface area contributed by atoms with E-state index in [0.29, 0.717) is 23.0 Å². The fraction of sp³-hybridized carbons (Fsp3) is 0.267. The molecule has 1 heterocycles. The Morgan fingerprint density at radius 1 is 1.43 bits per heavy atom. The summed E-state index contributed by atoms with van der Waals surface area (Å²) < 4.78 is 10.7. The molecule has 2 aromatic rings. The predicted molar refractivity (Wildman–Crippen MR) is 75.7 cm³/mol. The predicted octanol–water partition coefficient (Wildman–Crippen LogP) is 2.70. The zero-order valence-electron chi connectivity index (χ0n) is 11.7. The van der Waals surface area contributed by atoms with E-state index in [9.17, 15) is 4.79 Å². The quantitative estimate of drug-likeness (QED) is 0.788. The second-order valence-electron chi connectivity index (χ2n) is 4.35. The number of benzene rings is 1. The molecular formula is C15H16N2O4. The lowest BCUT2D eigenvalue weighted by Gasteiger charge is -2.06. The summed E-state index contributed by atoms with van der Waals surface area (Å²) in [5, 5.41) is 12.5. The number of carboxylic acid groups (broad SMARTS) is 1. The minimum absolute atomic E-state index is 0.172. The van der Waals surface area contributed by atoms with Crippen LogP contribution >= 0.6 is 0 Å². The number of rotatable bonds is 7. The molecule has 1 N–H and O–H groups in total. The van der Waals surface area contributed by atoms with E-state index in [-0.39, 0.29) is 6.61 Å². The van der Waals surface area contributed by atoms with Crippen molar-refractivity contribution in [1.29, 1.82) is 0 Å². The molecule has 6 heteroatoms. The van der Waals surface area contributed by atoms with Crippen molar-refractivity contribution in [2.75, 3.05) is 0 Å². The zero-order chi connectivity index (χ0) is 15.1. The largest absolute Gasteiger partial charge is 0.485 e. The molecule has 6 nitrogen and oxygen atoms in total. The first kappa shape index (κ1) is 14.8. The molecule has 2 rings (SSSR count). The van der Waals surface area contributed by atoms with Gasteiger partial charge in [-0.05, 0) is 18.6 Å². The van der Waals surface area contributed by atoms with Gasteiger partial charge in [0.25, 0.3) is 0 Å². The molecule has 0 bridgehead atoms. The third-order valence-electron chi connectivity index (χ3n) is 2.66.